The summed E-state index contributed by atoms with van der Waals surface area (Å²) in [5.74, 6) is 7.66. The second-order valence-electron chi connectivity index (χ2n) is 7.12. The molecule has 1 saturated carbocycles. The fourth-order valence-corrected chi connectivity index (χ4v) is 3.43. The van der Waals surface area contributed by atoms with Gasteiger partial charge in [0.1, 0.15) is 5.75 Å². The second-order valence-corrected chi connectivity index (χ2v) is 7.56. The largest absolute Gasteiger partial charge is 0.415 e. The Morgan fingerprint density at radius 2 is 1.89 bits per heavy atom. The first-order valence-electron chi connectivity index (χ1n) is 9.93. The Kier molecular flexibility index (Phi) is 9.63. The third kappa shape index (κ3) is 7.35. The molecule has 1 amide bonds. The van der Waals surface area contributed by atoms with Crippen molar-refractivity contribution < 1.29 is 14.3 Å². The van der Waals surface area contributed by atoms with E-state index in [1.165, 1.54) is 0 Å². The number of amides is 1. The second kappa shape index (κ2) is 12.0. The third-order valence-electron chi connectivity index (χ3n) is 5.22. The summed E-state index contributed by atoms with van der Waals surface area (Å²) in [4.78, 5) is 16.4. The van der Waals surface area contributed by atoms with Crippen molar-refractivity contribution in [3.05, 3.63) is 29.3 Å². The van der Waals surface area contributed by atoms with E-state index < -0.39 is 0 Å². The van der Waals surface area contributed by atoms with Crippen LogP contribution in [-0.2, 0) is 4.74 Å². The molecule has 0 radical (unpaired) electrons. The Bertz CT molecular complexity index is 661. The highest BCUT2D eigenvalue weighted by Gasteiger charge is 2.26. The van der Waals surface area contributed by atoms with Crippen LogP contribution in [0.5, 0.6) is 5.75 Å². The number of likely N-dealkylation sites (N-methyl/N-ethyl adjacent to an activating group) is 1. The fourth-order valence-electron chi connectivity index (χ4n) is 3.30. The molecular formula is C22H31ClN2O3. The van der Waals surface area contributed by atoms with Crippen molar-refractivity contribution in [1.29, 1.82) is 0 Å². The summed E-state index contributed by atoms with van der Waals surface area (Å²) in [6.45, 7) is 5.55. The van der Waals surface area contributed by atoms with E-state index in [1.807, 2.05) is 7.05 Å². The minimum atomic E-state index is -0.325. The van der Waals surface area contributed by atoms with Crippen molar-refractivity contribution in [3.63, 3.8) is 0 Å². The first-order chi connectivity index (χ1) is 13.5. The molecule has 0 unspecified atom stereocenters. The maximum Gasteiger partial charge on any atom is 0.415 e. The molecule has 1 aromatic rings. The minimum Gasteiger partial charge on any atom is -0.410 e. The number of methoxy groups -OCH3 is 1. The van der Waals surface area contributed by atoms with E-state index in [0.29, 0.717) is 16.7 Å². The number of carbonyl (C=O) groups excluding carboxylic acids is 1. The van der Waals surface area contributed by atoms with Gasteiger partial charge in [-0.15, -0.1) is 0 Å². The van der Waals surface area contributed by atoms with Gasteiger partial charge >= 0.3 is 6.09 Å². The molecule has 6 heteroatoms. The Labute approximate surface area is 173 Å². The number of halogens is 1. The van der Waals surface area contributed by atoms with E-state index in [1.54, 1.807) is 36.3 Å². The van der Waals surface area contributed by atoms with Gasteiger partial charge in [0.2, 0.25) is 0 Å². The monoisotopic (exact) mass is 406 g/mol. The lowest BCUT2D eigenvalue weighted by Gasteiger charge is -2.32. The van der Waals surface area contributed by atoms with Crippen LogP contribution in [0.2, 0.25) is 5.02 Å². The molecule has 0 saturated heterocycles. The Morgan fingerprint density at radius 3 is 2.50 bits per heavy atom. The molecule has 1 aliphatic carbocycles. The summed E-state index contributed by atoms with van der Waals surface area (Å²) in [6, 6.07) is 7.03. The molecule has 154 valence electrons. The number of nitrogens with zero attached hydrogens (tertiary/aromatic N) is 2. The van der Waals surface area contributed by atoms with Crippen LogP contribution in [0.4, 0.5) is 4.79 Å². The Hall–Kier alpha value is -1.74. The number of hydrogen-bond donors (Lipinski definition) is 0. The lowest BCUT2D eigenvalue weighted by Crippen LogP contribution is -2.41. The molecular weight excluding hydrogens is 376 g/mol. The van der Waals surface area contributed by atoms with E-state index in [9.17, 15) is 4.79 Å². The molecule has 0 spiro atoms. The smallest absolute Gasteiger partial charge is 0.410 e. The topological polar surface area (TPSA) is 42.0 Å². The summed E-state index contributed by atoms with van der Waals surface area (Å²) in [5.41, 5.74) is 0. The molecule has 0 atom stereocenters. The van der Waals surface area contributed by atoms with Gasteiger partial charge in [0.15, 0.2) is 0 Å². The van der Waals surface area contributed by atoms with Crippen LogP contribution < -0.4 is 4.74 Å². The van der Waals surface area contributed by atoms with Crippen LogP contribution in [0.15, 0.2) is 24.3 Å². The van der Waals surface area contributed by atoms with E-state index in [4.69, 9.17) is 21.1 Å². The first-order valence-corrected chi connectivity index (χ1v) is 10.3. The number of benzene rings is 1. The average Bonchev–Trinajstić information content (AvgIpc) is 2.72. The van der Waals surface area contributed by atoms with E-state index in [2.05, 4.69) is 23.7 Å². The number of rotatable bonds is 7. The maximum absolute atomic E-state index is 12.4. The molecule has 1 aromatic carbocycles. The van der Waals surface area contributed by atoms with Gasteiger partial charge in [-0.3, -0.25) is 4.90 Å². The standard InChI is InChI=1S/C22H31ClN2O3/c1-4-25(16-17-27-3)15-5-6-18-7-11-20(12-8-18)24(2)22(26)28-21-13-9-19(23)10-14-21/h9-10,13-14,18,20H,4,7-8,11-12,15-17H2,1-3H3. The summed E-state index contributed by atoms with van der Waals surface area (Å²) >= 11 is 5.86. The SMILES string of the molecule is CCN(CC#CC1CCC(N(C)C(=O)Oc2ccc(Cl)cc2)CC1)CCOC. The molecule has 1 fully saturated rings. The van der Waals surface area contributed by atoms with Crippen LogP contribution in [0.3, 0.4) is 0 Å². The van der Waals surface area contributed by atoms with E-state index in [-0.39, 0.29) is 12.1 Å². The maximum atomic E-state index is 12.4. The lowest BCUT2D eigenvalue weighted by atomic mass is 9.86. The fraction of sp³-hybridized carbons (Fsp3) is 0.591. The summed E-state index contributed by atoms with van der Waals surface area (Å²) in [6.07, 6.45) is 3.61. The highest BCUT2D eigenvalue weighted by atomic mass is 35.5. The van der Waals surface area contributed by atoms with Crippen LogP contribution in [0.1, 0.15) is 32.6 Å². The zero-order valence-electron chi connectivity index (χ0n) is 17.1. The normalized spacial score (nSPS) is 19.0. The van der Waals surface area contributed by atoms with E-state index in [0.717, 1.165) is 51.9 Å². The van der Waals surface area contributed by atoms with Gasteiger partial charge < -0.3 is 14.4 Å². The highest BCUT2D eigenvalue weighted by Crippen LogP contribution is 2.27. The molecule has 5 nitrogen and oxygen atoms in total. The van der Waals surface area contributed by atoms with Crippen LogP contribution in [-0.4, -0.2) is 62.3 Å². The van der Waals surface area contributed by atoms with Gasteiger partial charge in [0.25, 0.3) is 0 Å². The quantitative estimate of drug-likeness (QED) is 0.633. The van der Waals surface area contributed by atoms with Gasteiger partial charge in [0, 0.05) is 37.7 Å². The van der Waals surface area contributed by atoms with Crippen molar-refractivity contribution in [2.45, 2.75) is 38.6 Å². The molecule has 0 bridgehead atoms. The van der Waals surface area contributed by atoms with Crippen molar-refractivity contribution in [2.75, 3.05) is 40.4 Å². The van der Waals surface area contributed by atoms with Crippen molar-refractivity contribution in [1.82, 2.24) is 9.80 Å². The van der Waals surface area contributed by atoms with Crippen molar-refractivity contribution in [2.24, 2.45) is 5.92 Å². The van der Waals surface area contributed by atoms with E-state index >= 15 is 0 Å². The van der Waals surface area contributed by atoms with Gasteiger partial charge in [-0.25, -0.2) is 4.79 Å². The van der Waals surface area contributed by atoms with Crippen molar-refractivity contribution >= 4 is 17.7 Å². The highest BCUT2D eigenvalue weighted by molar-refractivity contribution is 6.30. The summed E-state index contributed by atoms with van der Waals surface area (Å²) in [5, 5.41) is 0.619. The zero-order chi connectivity index (χ0) is 20.4. The molecule has 2 rings (SSSR count). The Morgan fingerprint density at radius 1 is 1.21 bits per heavy atom. The molecule has 0 heterocycles. The van der Waals surface area contributed by atoms with Gasteiger partial charge in [-0.1, -0.05) is 30.4 Å². The minimum absolute atomic E-state index is 0.201. The lowest BCUT2D eigenvalue weighted by molar-refractivity contribution is 0.129. The first kappa shape index (κ1) is 22.5. The number of ether oxygens (including phenoxy) is 2. The van der Waals surface area contributed by atoms with Gasteiger partial charge in [-0.2, -0.15) is 0 Å². The van der Waals surface area contributed by atoms with Crippen LogP contribution in [0, 0.1) is 17.8 Å². The average molecular weight is 407 g/mol. The molecule has 1 aliphatic rings. The molecule has 0 N–H and O–H groups in total. The molecule has 0 aromatic heterocycles. The van der Waals surface area contributed by atoms with Crippen LogP contribution in [0.25, 0.3) is 0 Å². The van der Waals surface area contributed by atoms with Crippen molar-refractivity contribution in [3.8, 4) is 17.6 Å². The number of carbonyl (C=O) groups is 1. The summed E-state index contributed by atoms with van der Waals surface area (Å²) in [7, 11) is 3.53. The Balaban J connectivity index is 1.75. The van der Waals surface area contributed by atoms with Crippen LogP contribution >= 0.6 is 11.6 Å². The van der Waals surface area contributed by atoms with Gasteiger partial charge in [0.05, 0.1) is 13.2 Å². The van der Waals surface area contributed by atoms with Gasteiger partial charge in [-0.05, 0) is 56.5 Å². The predicted octanol–water partition coefficient (Wildman–Crippen LogP) is 4.30. The summed E-state index contributed by atoms with van der Waals surface area (Å²) < 4.78 is 10.6. The molecule has 28 heavy (non-hydrogen) atoms. The third-order valence-corrected chi connectivity index (χ3v) is 5.47. The predicted molar refractivity (Wildman–Crippen MR) is 113 cm³/mol. The number of hydrogen-bond acceptors (Lipinski definition) is 4. The zero-order valence-corrected chi connectivity index (χ0v) is 17.9. The molecule has 0 aliphatic heterocycles.